The maximum atomic E-state index is 13.0. The van der Waals surface area contributed by atoms with Crippen molar-refractivity contribution in [3.63, 3.8) is 0 Å². The fourth-order valence-corrected chi connectivity index (χ4v) is 7.78. The summed E-state index contributed by atoms with van der Waals surface area (Å²) in [5.74, 6) is -1.04. The normalized spacial score (nSPS) is 15.0. The monoisotopic (exact) mass is 866 g/mol. The molecule has 0 radical (unpaired) electrons. The number of anilines is 2. The number of imide groups is 2. The number of amides is 4. The minimum absolute atomic E-state index is 0.0614. The molecule has 2 aromatic heterocycles. The molecule has 17 heteroatoms. The number of hydrogen-bond donors (Lipinski definition) is 2. The second kappa shape index (κ2) is 21.8. The summed E-state index contributed by atoms with van der Waals surface area (Å²) in [5.41, 5.74) is 5.76. The average Bonchev–Trinajstić information content (AvgIpc) is 3.82. The Morgan fingerprint density at radius 1 is 0.710 bits per heavy atom. The number of aromatic nitrogens is 2. The van der Waals surface area contributed by atoms with E-state index in [1.54, 1.807) is 17.4 Å². The van der Waals surface area contributed by atoms with Crippen LogP contribution in [-0.4, -0.2) is 138 Å². The van der Waals surface area contributed by atoms with Gasteiger partial charge in [-0.05, 0) is 60.5 Å². The van der Waals surface area contributed by atoms with E-state index in [-0.39, 0.29) is 37.2 Å². The van der Waals surface area contributed by atoms with Crippen molar-refractivity contribution in [2.45, 2.75) is 18.9 Å². The molecule has 3 aromatic carbocycles. The van der Waals surface area contributed by atoms with Crippen LogP contribution in [0.5, 0.6) is 5.75 Å². The molecule has 7 rings (SSSR count). The molecule has 1 atom stereocenters. The van der Waals surface area contributed by atoms with E-state index in [4.69, 9.17) is 33.4 Å². The number of ether oxygens (including phenoxy) is 6. The Labute approximate surface area is 363 Å². The van der Waals surface area contributed by atoms with Gasteiger partial charge in [0.05, 0.1) is 87.4 Å². The van der Waals surface area contributed by atoms with Gasteiger partial charge in [0.25, 0.3) is 11.8 Å². The van der Waals surface area contributed by atoms with E-state index >= 15 is 0 Å². The Bertz CT molecular complexity index is 2320. The first-order valence-electron chi connectivity index (χ1n) is 20.5. The molecule has 2 aliphatic heterocycles. The van der Waals surface area contributed by atoms with Crippen molar-refractivity contribution in [2.75, 3.05) is 104 Å². The highest BCUT2D eigenvalue weighted by atomic mass is 32.1. The molecule has 2 N–H and O–H groups in total. The van der Waals surface area contributed by atoms with Crippen molar-refractivity contribution in [3.8, 4) is 27.4 Å². The van der Waals surface area contributed by atoms with Gasteiger partial charge < -0.3 is 38.6 Å². The molecule has 16 nitrogen and oxygen atoms in total. The van der Waals surface area contributed by atoms with Crippen LogP contribution < -0.4 is 20.3 Å². The van der Waals surface area contributed by atoms with Crippen LogP contribution in [0.3, 0.4) is 0 Å². The van der Waals surface area contributed by atoms with E-state index < -0.39 is 29.7 Å². The zero-order valence-electron chi connectivity index (χ0n) is 34.8. The number of carbonyl (C=O) groups is 4. The first-order valence-corrected chi connectivity index (χ1v) is 21.3. The molecule has 0 aliphatic carbocycles. The number of carbonyl (C=O) groups excluding carboxylic acids is 4. The smallest absolute Gasteiger partial charge is 0.262 e. The molecule has 0 spiro atoms. The van der Waals surface area contributed by atoms with Crippen molar-refractivity contribution >= 4 is 56.7 Å². The maximum Gasteiger partial charge on any atom is 0.262 e. The van der Waals surface area contributed by atoms with Crippen LogP contribution in [0.25, 0.3) is 31.9 Å². The number of rotatable bonds is 24. The highest BCUT2D eigenvalue weighted by Crippen LogP contribution is 2.34. The Morgan fingerprint density at radius 3 is 1.98 bits per heavy atom. The average molecular weight is 867 g/mol. The number of thiazole rings is 1. The summed E-state index contributed by atoms with van der Waals surface area (Å²) in [4.78, 5) is 61.9. The van der Waals surface area contributed by atoms with E-state index in [0.29, 0.717) is 71.8 Å². The Morgan fingerprint density at radius 2 is 1.34 bits per heavy atom. The van der Waals surface area contributed by atoms with Gasteiger partial charge in [-0.1, -0.05) is 24.3 Å². The van der Waals surface area contributed by atoms with Gasteiger partial charge in [-0.25, -0.2) is 9.97 Å². The van der Waals surface area contributed by atoms with E-state index in [2.05, 4.69) is 69.0 Å². The molecular weight excluding hydrogens is 817 g/mol. The summed E-state index contributed by atoms with van der Waals surface area (Å²) in [5, 5.41) is 6.48. The van der Waals surface area contributed by atoms with Crippen LogP contribution in [0.2, 0.25) is 0 Å². The summed E-state index contributed by atoms with van der Waals surface area (Å²) >= 11 is 1.70. The molecule has 2 aliphatic rings. The van der Waals surface area contributed by atoms with Crippen molar-refractivity contribution in [1.82, 2.24) is 20.2 Å². The third-order valence-corrected chi connectivity index (χ3v) is 11.1. The number of piperidine rings is 1. The molecule has 0 bridgehead atoms. The van der Waals surface area contributed by atoms with Gasteiger partial charge in [0.1, 0.15) is 29.2 Å². The van der Waals surface area contributed by atoms with Crippen molar-refractivity contribution in [1.29, 1.82) is 0 Å². The van der Waals surface area contributed by atoms with Crippen LogP contribution in [0.4, 0.5) is 11.5 Å². The largest absolute Gasteiger partial charge is 0.491 e. The first-order chi connectivity index (χ1) is 30.2. The third-order valence-electron chi connectivity index (χ3n) is 10.1. The van der Waals surface area contributed by atoms with Crippen LogP contribution in [-0.2, 0) is 33.3 Å². The quantitative estimate of drug-likeness (QED) is 0.0621. The SMILES string of the molecule is CN(C)c1ccc2nc(-c3ccc(-c4ccc(NCCOCCOCCOCCOCCOCCOc5ccc6c(c5)C(=O)N(C5CCC(=O)NC5=O)C6=O)nc4)cc3)sc2c1. The molecule has 0 saturated carbocycles. The predicted molar refractivity (Wildman–Crippen MR) is 234 cm³/mol. The number of fused-ring (bicyclic) bond motifs is 2. The summed E-state index contributed by atoms with van der Waals surface area (Å²) in [6.45, 7) is 5.11. The van der Waals surface area contributed by atoms with Gasteiger partial charge in [0, 0.05) is 50.1 Å². The zero-order chi connectivity index (χ0) is 43.3. The first kappa shape index (κ1) is 44.2. The molecule has 4 heterocycles. The minimum atomic E-state index is -1.01. The van der Waals surface area contributed by atoms with Gasteiger partial charge in [0.2, 0.25) is 11.8 Å². The minimum Gasteiger partial charge on any atom is -0.491 e. The molecule has 326 valence electrons. The molecule has 62 heavy (non-hydrogen) atoms. The molecule has 4 amide bonds. The summed E-state index contributed by atoms with van der Waals surface area (Å²) in [6.07, 6.45) is 2.03. The van der Waals surface area contributed by atoms with E-state index in [1.807, 2.05) is 26.4 Å². The van der Waals surface area contributed by atoms with E-state index in [9.17, 15) is 19.2 Å². The van der Waals surface area contributed by atoms with E-state index in [0.717, 1.165) is 43.6 Å². The Kier molecular flexibility index (Phi) is 15.6. The number of hydrogen-bond acceptors (Lipinski definition) is 15. The van der Waals surface area contributed by atoms with Crippen molar-refractivity contribution in [3.05, 3.63) is 90.1 Å². The molecule has 1 saturated heterocycles. The van der Waals surface area contributed by atoms with Gasteiger partial charge in [-0.15, -0.1) is 11.3 Å². The molecule has 1 unspecified atom stereocenters. The van der Waals surface area contributed by atoms with Crippen molar-refractivity contribution in [2.24, 2.45) is 0 Å². The van der Waals surface area contributed by atoms with Crippen LogP contribution in [0.15, 0.2) is 79.0 Å². The zero-order valence-corrected chi connectivity index (χ0v) is 35.6. The number of benzene rings is 3. The predicted octanol–water partition coefficient (Wildman–Crippen LogP) is 5.07. The highest BCUT2D eigenvalue weighted by molar-refractivity contribution is 7.21. The Balaban J connectivity index is 0.656. The highest BCUT2D eigenvalue weighted by Gasteiger charge is 2.44. The fraction of sp³-hybridized carbons (Fsp3) is 0.378. The maximum absolute atomic E-state index is 13.0. The third kappa shape index (κ3) is 11.5. The lowest BCUT2D eigenvalue weighted by Crippen LogP contribution is -2.54. The lowest BCUT2D eigenvalue weighted by atomic mass is 10.0. The lowest BCUT2D eigenvalue weighted by Gasteiger charge is -2.27. The Hall–Kier alpha value is -5.82. The van der Waals surface area contributed by atoms with Crippen LogP contribution in [0, 0.1) is 0 Å². The molecule has 1 fully saturated rings. The summed E-state index contributed by atoms with van der Waals surface area (Å²) in [7, 11) is 4.08. The number of nitrogens with zero attached hydrogens (tertiary/aromatic N) is 4. The second-order valence-corrected chi connectivity index (χ2v) is 15.6. The molecular formula is C45H50N6O10S. The summed E-state index contributed by atoms with van der Waals surface area (Å²) in [6, 6.07) is 22.4. The second-order valence-electron chi connectivity index (χ2n) is 14.6. The lowest BCUT2D eigenvalue weighted by molar-refractivity contribution is -0.136. The van der Waals surface area contributed by atoms with Crippen molar-refractivity contribution < 1.29 is 47.6 Å². The van der Waals surface area contributed by atoms with Gasteiger partial charge in [-0.3, -0.25) is 29.4 Å². The molecule has 5 aromatic rings. The summed E-state index contributed by atoms with van der Waals surface area (Å²) < 4.78 is 34.7. The van der Waals surface area contributed by atoms with Gasteiger partial charge in [-0.2, -0.15) is 0 Å². The fourth-order valence-electron chi connectivity index (χ4n) is 6.78. The van der Waals surface area contributed by atoms with E-state index in [1.165, 1.54) is 16.8 Å². The standard InChI is InChI=1S/C45H50N6O10S/c1-50(2)33-8-11-37-39(27-33)62-43(48-37)31-5-3-30(4-6-31)32-7-13-40(47-29-32)46-15-16-56-17-18-57-19-20-58-21-22-59-23-24-60-25-26-61-34-9-10-35-36(28-34)45(55)51(44(35)54)38-12-14-41(52)49-42(38)53/h3-11,13,27-29,38H,12,14-26H2,1-2H3,(H,46,47)(H,49,52,53). The number of nitrogens with one attached hydrogen (secondary N) is 2. The van der Waals surface area contributed by atoms with Crippen LogP contribution in [0.1, 0.15) is 33.6 Å². The number of pyridine rings is 1. The van der Waals surface area contributed by atoms with Gasteiger partial charge >= 0.3 is 0 Å². The topological polar surface area (TPSA) is 180 Å². The van der Waals surface area contributed by atoms with Gasteiger partial charge in [0.15, 0.2) is 0 Å². The van der Waals surface area contributed by atoms with Crippen LogP contribution >= 0.6 is 11.3 Å².